The van der Waals surface area contributed by atoms with Gasteiger partial charge in [0.15, 0.2) is 0 Å². The lowest BCUT2D eigenvalue weighted by molar-refractivity contribution is 0.102. The molecule has 1 fully saturated rings. The number of aromatic amines is 1. The van der Waals surface area contributed by atoms with Crippen molar-refractivity contribution in [2.45, 2.75) is 0 Å². The Hall–Kier alpha value is -3.46. The van der Waals surface area contributed by atoms with Crippen LogP contribution in [0.4, 0.5) is 5.69 Å². The Kier molecular flexibility index (Phi) is 7.97. The molecule has 35 heavy (non-hydrogen) atoms. The van der Waals surface area contributed by atoms with Crippen molar-refractivity contribution in [2.24, 2.45) is 0 Å². The summed E-state index contributed by atoms with van der Waals surface area (Å²) < 4.78 is 5.96. The summed E-state index contributed by atoms with van der Waals surface area (Å²) in [5.74, 6) is 0.646. The SMILES string of the molecule is CN1CCN(CCOc2ccc(-c3cnc4[nH]cc(C(=O)Nc5cccnc5)c4c3)cc2)CC1.Cl. The van der Waals surface area contributed by atoms with E-state index in [-0.39, 0.29) is 18.3 Å². The van der Waals surface area contributed by atoms with Gasteiger partial charge >= 0.3 is 0 Å². The monoisotopic (exact) mass is 492 g/mol. The Morgan fingerprint density at radius 2 is 1.89 bits per heavy atom. The molecule has 1 saturated heterocycles. The number of ether oxygens (including phenoxy) is 1. The van der Waals surface area contributed by atoms with Crippen molar-refractivity contribution in [3.8, 4) is 16.9 Å². The van der Waals surface area contributed by atoms with Crippen LogP contribution in [0.5, 0.6) is 5.75 Å². The molecule has 1 amide bonds. The molecule has 1 aliphatic rings. The molecule has 0 bridgehead atoms. The standard InChI is InChI=1S/C26H28N6O2.ClH/c1-31-9-11-32(12-10-31)13-14-34-22-6-4-19(5-7-22)20-15-23-24(18-29-25(23)28-16-20)26(33)30-21-3-2-8-27-17-21;/h2-8,15-18H,9-14H2,1H3,(H,28,29)(H,30,33);1H. The molecule has 9 heteroatoms. The summed E-state index contributed by atoms with van der Waals surface area (Å²) in [6.07, 6.45) is 6.78. The number of H-pyrrole nitrogens is 1. The van der Waals surface area contributed by atoms with Gasteiger partial charge in [-0.2, -0.15) is 0 Å². The zero-order valence-electron chi connectivity index (χ0n) is 19.6. The normalized spacial score (nSPS) is 14.4. The number of benzene rings is 1. The van der Waals surface area contributed by atoms with Gasteiger partial charge in [0.25, 0.3) is 5.91 Å². The summed E-state index contributed by atoms with van der Waals surface area (Å²) in [4.78, 5) is 29.2. The van der Waals surface area contributed by atoms with E-state index in [0.717, 1.165) is 55.0 Å². The van der Waals surface area contributed by atoms with Gasteiger partial charge in [0, 0.05) is 62.3 Å². The molecule has 0 saturated carbocycles. The van der Waals surface area contributed by atoms with Crippen LogP contribution in [0, 0.1) is 0 Å². The van der Waals surface area contributed by atoms with Crippen molar-refractivity contribution >= 4 is 35.0 Å². The van der Waals surface area contributed by atoms with Crippen LogP contribution >= 0.6 is 12.4 Å². The van der Waals surface area contributed by atoms with Crippen LogP contribution in [0.25, 0.3) is 22.2 Å². The van der Waals surface area contributed by atoms with E-state index in [2.05, 4.69) is 37.1 Å². The number of fused-ring (bicyclic) bond motifs is 1. The number of hydrogen-bond acceptors (Lipinski definition) is 6. The van der Waals surface area contributed by atoms with Crippen molar-refractivity contribution in [3.63, 3.8) is 0 Å². The average Bonchev–Trinajstić information content (AvgIpc) is 3.30. The fraction of sp³-hybridized carbons (Fsp3) is 0.269. The molecule has 0 unspecified atom stereocenters. The van der Waals surface area contributed by atoms with Crippen molar-refractivity contribution < 1.29 is 9.53 Å². The predicted octanol–water partition coefficient (Wildman–Crippen LogP) is 3.93. The predicted molar refractivity (Wildman–Crippen MR) is 140 cm³/mol. The summed E-state index contributed by atoms with van der Waals surface area (Å²) in [5.41, 5.74) is 3.81. The van der Waals surface area contributed by atoms with E-state index in [0.29, 0.717) is 23.5 Å². The molecule has 4 aromatic rings. The Bertz CT molecular complexity index is 1250. The Morgan fingerprint density at radius 1 is 1.09 bits per heavy atom. The van der Waals surface area contributed by atoms with E-state index in [1.165, 1.54) is 0 Å². The molecule has 0 atom stereocenters. The Labute approximate surface area is 210 Å². The highest BCUT2D eigenvalue weighted by atomic mass is 35.5. The molecule has 182 valence electrons. The van der Waals surface area contributed by atoms with Crippen LogP contribution in [-0.4, -0.2) is 77.0 Å². The second-order valence-corrected chi connectivity index (χ2v) is 8.54. The number of likely N-dealkylation sites (N-methyl/N-ethyl adjacent to an activating group) is 1. The number of rotatable bonds is 7. The van der Waals surface area contributed by atoms with Gasteiger partial charge in [0.1, 0.15) is 18.0 Å². The van der Waals surface area contributed by atoms with Gasteiger partial charge in [-0.25, -0.2) is 4.98 Å². The first-order chi connectivity index (χ1) is 16.7. The number of nitrogens with one attached hydrogen (secondary N) is 2. The number of hydrogen-bond donors (Lipinski definition) is 2. The zero-order chi connectivity index (χ0) is 23.3. The van der Waals surface area contributed by atoms with Crippen LogP contribution in [0.1, 0.15) is 10.4 Å². The van der Waals surface area contributed by atoms with Gasteiger partial charge in [-0.15, -0.1) is 12.4 Å². The zero-order valence-corrected chi connectivity index (χ0v) is 20.4. The number of piperazine rings is 1. The third-order valence-corrected chi connectivity index (χ3v) is 6.15. The number of carbonyl (C=O) groups is 1. The number of anilines is 1. The topological polar surface area (TPSA) is 86.4 Å². The number of halogens is 1. The number of aromatic nitrogens is 3. The summed E-state index contributed by atoms with van der Waals surface area (Å²) >= 11 is 0. The molecule has 8 nitrogen and oxygen atoms in total. The van der Waals surface area contributed by atoms with E-state index in [4.69, 9.17) is 4.74 Å². The molecular formula is C26H29ClN6O2. The smallest absolute Gasteiger partial charge is 0.257 e. The first-order valence-electron chi connectivity index (χ1n) is 11.5. The maximum Gasteiger partial charge on any atom is 0.257 e. The molecule has 5 rings (SSSR count). The average molecular weight is 493 g/mol. The second kappa shape index (κ2) is 11.3. The van der Waals surface area contributed by atoms with Gasteiger partial charge < -0.3 is 19.9 Å². The maximum atomic E-state index is 12.8. The molecule has 0 spiro atoms. The van der Waals surface area contributed by atoms with Gasteiger partial charge in [0.05, 0.1) is 17.4 Å². The minimum absolute atomic E-state index is 0. The lowest BCUT2D eigenvalue weighted by Gasteiger charge is -2.32. The summed E-state index contributed by atoms with van der Waals surface area (Å²) in [6, 6.07) is 13.6. The molecule has 4 heterocycles. The highest BCUT2D eigenvalue weighted by Crippen LogP contribution is 2.27. The summed E-state index contributed by atoms with van der Waals surface area (Å²) in [6.45, 7) is 6.02. The van der Waals surface area contributed by atoms with Crippen molar-refractivity contribution in [1.29, 1.82) is 0 Å². The van der Waals surface area contributed by atoms with Crippen LogP contribution in [0.3, 0.4) is 0 Å². The number of nitrogens with zero attached hydrogens (tertiary/aromatic N) is 4. The van der Waals surface area contributed by atoms with E-state index in [9.17, 15) is 4.79 Å². The largest absolute Gasteiger partial charge is 0.492 e. The van der Waals surface area contributed by atoms with Gasteiger partial charge in [-0.3, -0.25) is 14.7 Å². The third-order valence-electron chi connectivity index (χ3n) is 6.15. The minimum atomic E-state index is -0.206. The lowest BCUT2D eigenvalue weighted by atomic mass is 10.1. The van der Waals surface area contributed by atoms with Gasteiger partial charge in [-0.1, -0.05) is 12.1 Å². The minimum Gasteiger partial charge on any atom is -0.492 e. The van der Waals surface area contributed by atoms with E-state index >= 15 is 0 Å². The molecular weight excluding hydrogens is 464 g/mol. The Balaban J connectivity index is 0.00000289. The molecule has 0 aliphatic carbocycles. The molecule has 1 aliphatic heterocycles. The first kappa shape index (κ1) is 24.7. The fourth-order valence-electron chi connectivity index (χ4n) is 4.09. The van der Waals surface area contributed by atoms with Crippen molar-refractivity contribution in [2.75, 3.05) is 51.7 Å². The Morgan fingerprint density at radius 3 is 2.63 bits per heavy atom. The highest BCUT2D eigenvalue weighted by Gasteiger charge is 2.15. The van der Waals surface area contributed by atoms with Gasteiger partial charge in [0.2, 0.25) is 0 Å². The molecule has 1 aromatic carbocycles. The first-order valence-corrected chi connectivity index (χ1v) is 11.5. The number of amides is 1. The molecule has 0 radical (unpaired) electrons. The quantitative estimate of drug-likeness (QED) is 0.406. The van der Waals surface area contributed by atoms with Crippen LogP contribution in [-0.2, 0) is 0 Å². The van der Waals surface area contributed by atoms with Crippen LogP contribution < -0.4 is 10.1 Å². The lowest BCUT2D eigenvalue weighted by Crippen LogP contribution is -2.45. The van der Waals surface area contributed by atoms with Gasteiger partial charge in [-0.05, 0) is 42.9 Å². The van der Waals surface area contributed by atoms with E-state index in [1.807, 2.05) is 36.5 Å². The van der Waals surface area contributed by atoms with Crippen LogP contribution in [0.2, 0.25) is 0 Å². The van der Waals surface area contributed by atoms with Crippen molar-refractivity contribution in [3.05, 3.63) is 72.8 Å². The molecule has 2 N–H and O–H groups in total. The molecule has 3 aromatic heterocycles. The highest BCUT2D eigenvalue weighted by molar-refractivity contribution is 6.12. The number of pyridine rings is 2. The van der Waals surface area contributed by atoms with E-state index < -0.39 is 0 Å². The summed E-state index contributed by atoms with van der Waals surface area (Å²) in [5, 5.41) is 3.65. The second-order valence-electron chi connectivity index (χ2n) is 8.54. The van der Waals surface area contributed by atoms with Crippen LogP contribution in [0.15, 0.2) is 67.3 Å². The maximum absolute atomic E-state index is 12.8. The third kappa shape index (κ3) is 5.97. The summed E-state index contributed by atoms with van der Waals surface area (Å²) in [7, 11) is 2.16. The van der Waals surface area contributed by atoms with E-state index in [1.54, 1.807) is 30.7 Å². The number of carbonyl (C=O) groups excluding carboxylic acids is 1. The fourth-order valence-corrected chi connectivity index (χ4v) is 4.09. The van der Waals surface area contributed by atoms with Crippen molar-refractivity contribution in [1.82, 2.24) is 24.8 Å².